The van der Waals surface area contributed by atoms with Gasteiger partial charge in [-0.3, -0.25) is 4.79 Å². The quantitative estimate of drug-likeness (QED) is 0.561. The van der Waals surface area contributed by atoms with Crippen LogP contribution in [0.25, 0.3) is 10.1 Å². The Bertz CT molecular complexity index is 915. The maximum absolute atomic E-state index is 12.7. The summed E-state index contributed by atoms with van der Waals surface area (Å²) in [6.07, 6.45) is 3.43. The van der Waals surface area contributed by atoms with Gasteiger partial charge in [0.15, 0.2) is 0 Å². The zero-order valence-corrected chi connectivity index (χ0v) is 16.8. The SMILES string of the molecule is O=C(NCCc1csc2ccccc12)c1ccccc1SCC1CCCO1. The molecule has 1 unspecified atom stereocenters. The van der Waals surface area contributed by atoms with E-state index in [4.69, 9.17) is 4.74 Å². The third-order valence-electron chi connectivity index (χ3n) is 4.82. The topological polar surface area (TPSA) is 38.3 Å². The molecule has 0 aliphatic carbocycles. The molecule has 1 aliphatic heterocycles. The lowest BCUT2D eigenvalue weighted by atomic mass is 10.1. The van der Waals surface area contributed by atoms with Crippen LogP contribution in [0.5, 0.6) is 0 Å². The van der Waals surface area contributed by atoms with Gasteiger partial charge in [0.05, 0.1) is 11.7 Å². The molecule has 140 valence electrons. The number of hydrogen-bond donors (Lipinski definition) is 1. The minimum absolute atomic E-state index is 0.00461. The van der Waals surface area contributed by atoms with Crippen molar-refractivity contribution in [2.45, 2.75) is 30.3 Å². The molecule has 4 rings (SSSR count). The number of amides is 1. The molecule has 3 aromatic rings. The van der Waals surface area contributed by atoms with Gasteiger partial charge in [0.1, 0.15) is 0 Å². The van der Waals surface area contributed by atoms with Crippen molar-refractivity contribution in [3.05, 3.63) is 65.0 Å². The van der Waals surface area contributed by atoms with E-state index in [0.717, 1.165) is 42.1 Å². The van der Waals surface area contributed by atoms with Crippen LogP contribution < -0.4 is 5.32 Å². The molecule has 3 nitrogen and oxygen atoms in total. The third-order valence-corrected chi connectivity index (χ3v) is 7.04. The van der Waals surface area contributed by atoms with Crippen molar-refractivity contribution in [1.82, 2.24) is 5.32 Å². The smallest absolute Gasteiger partial charge is 0.252 e. The molecular formula is C22H23NO2S2. The summed E-state index contributed by atoms with van der Waals surface area (Å²) in [5, 5.41) is 6.58. The lowest BCUT2D eigenvalue weighted by Crippen LogP contribution is -2.26. The van der Waals surface area contributed by atoms with Gasteiger partial charge in [-0.2, -0.15) is 0 Å². The Hall–Kier alpha value is -1.82. The average Bonchev–Trinajstić information content (AvgIpc) is 3.37. The highest BCUT2D eigenvalue weighted by Crippen LogP contribution is 2.27. The fraction of sp³-hybridized carbons (Fsp3) is 0.318. The number of nitrogens with one attached hydrogen (secondary N) is 1. The Morgan fingerprint density at radius 2 is 2.04 bits per heavy atom. The lowest BCUT2D eigenvalue weighted by Gasteiger charge is -2.12. The molecule has 0 saturated carbocycles. The largest absolute Gasteiger partial charge is 0.377 e. The van der Waals surface area contributed by atoms with Crippen LogP contribution in [0.3, 0.4) is 0 Å². The highest BCUT2D eigenvalue weighted by Gasteiger charge is 2.17. The summed E-state index contributed by atoms with van der Waals surface area (Å²) in [5.74, 6) is 0.913. The van der Waals surface area contributed by atoms with Gasteiger partial charge in [0.2, 0.25) is 0 Å². The number of rotatable bonds is 7. The van der Waals surface area contributed by atoms with Gasteiger partial charge >= 0.3 is 0 Å². The normalized spacial score (nSPS) is 16.7. The van der Waals surface area contributed by atoms with Crippen LogP contribution in [0, 0.1) is 0 Å². The first-order chi connectivity index (χ1) is 13.3. The van der Waals surface area contributed by atoms with Crippen molar-refractivity contribution >= 4 is 39.1 Å². The first-order valence-corrected chi connectivity index (χ1v) is 11.2. The summed E-state index contributed by atoms with van der Waals surface area (Å²) in [6.45, 7) is 1.51. The number of hydrogen-bond acceptors (Lipinski definition) is 4. The van der Waals surface area contributed by atoms with Crippen molar-refractivity contribution in [3.8, 4) is 0 Å². The number of fused-ring (bicyclic) bond motifs is 1. The van der Waals surface area contributed by atoms with Gasteiger partial charge in [-0.1, -0.05) is 30.3 Å². The van der Waals surface area contributed by atoms with Crippen LogP contribution in [0.2, 0.25) is 0 Å². The Morgan fingerprint density at radius 3 is 2.93 bits per heavy atom. The fourth-order valence-corrected chi connectivity index (χ4v) is 5.49. The maximum atomic E-state index is 12.7. The minimum Gasteiger partial charge on any atom is -0.377 e. The number of benzene rings is 2. The number of thiophene rings is 1. The molecule has 1 aliphatic rings. The molecule has 1 saturated heterocycles. The molecule has 2 aromatic carbocycles. The van der Waals surface area contributed by atoms with Crippen LogP contribution in [0.1, 0.15) is 28.8 Å². The molecule has 1 atom stereocenters. The lowest BCUT2D eigenvalue weighted by molar-refractivity contribution is 0.0951. The van der Waals surface area contributed by atoms with E-state index in [9.17, 15) is 4.79 Å². The molecule has 0 bridgehead atoms. The molecule has 1 amide bonds. The fourth-order valence-electron chi connectivity index (χ4n) is 3.37. The van der Waals surface area contributed by atoms with E-state index in [2.05, 4.69) is 35.0 Å². The van der Waals surface area contributed by atoms with Crippen LogP contribution in [-0.2, 0) is 11.2 Å². The van der Waals surface area contributed by atoms with Crippen molar-refractivity contribution in [2.75, 3.05) is 18.9 Å². The highest BCUT2D eigenvalue weighted by atomic mass is 32.2. The van der Waals surface area contributed by atoms with Gasteiger partial charge in [-0.25, -0.2) is 0 Å². The molecular weight excluding hydrogens is 374 g/mol. The number of carbonyl (C=O) groups is 1. The third kappa shape index (κ3) is 4.54. The van der Waals surface area contributed by atoms with Crippen molar-refractivity contribution in [1.29, 1.82) is 0 Å². The molecule has 0 radical (unpaired) electrons. The predicted molar refractivity (Wildman–Crippen MR) is 114 cm³/mol. The van der Waals surface area contributed by atoms with Crippen molar-refractivity contribution < 1.29 is 9.53 Å². The van der Waals surface area contributed by atoms with E-state index in [1.807, 2.05) is 24.3 Å². The van der Waals surface area contributed by atoms with E-state index < -0.39 is 0 Å². The van der Waals surface area contributed by atoms with Gasteiger partial charge in [-0.05, 0) is 53.8 Å². The molecule has 27 heavy (non-hydrogen) atoms. The first kappa shape index (κ1) is 18.5. The molecule has 1 N–H and O–H groups in total. The van der Waals surface area contributed by atoms with E-state index in [1.165, 1.54) is 15.6 Å². The monoisotopic (exact) mass is 397 g/mol. The van der Waals surface area contributed by atoms with Gasteiger partial charge in [0, 0.05) is 28.5 Å². The van der Waals surface area contributed by atoms with Crippen LogP contribution in [-0.4, -0.2) is 30.9 Å². The second-order valence-corrected chi connectivity index (χ2v) is 8.68. The second-order valence-electron chi connectivity index (χ2n) is 6.71. The summed E-state index contributed by atoms with van der Waals surface area (Å²) in [5.41, 5.74) is 2.06. The van der Waals surface area contributed by atoms with Crippen LogP contribution in [0.4, 0.5) is 0 Å². The second kappa shape index (κ2) is 8.91. The molecule has 1 aromatic heterocycles. The number of ether oxygens (including phenoxy) is 1. The van der Waals surface area contributed by atoms with Crippen molar-refractivity contribution in [2.24, 2.45) is 0 Å². The number of thioether (sulfide) groups is 1. The first-order valence-electron chi connectivity index (χ1n) is 9.38. The van der Waals surface area contributed by atoms with Gasteiger partial charge in [0.25, 0.3) is 5.91 Å². The van der Waals surface area contributed by atoms with Crippen LogP contribution in [0.15, 0.2) is 58.8 Å². The summed E-state index contributed by atoms with van der Waals surface area (Å²) < 4.78 is 7.00. The maximum Gasteiger partial charge on any atom is 0.252 e. The number of carbonyl (C=O) groups excluding carboxylic acids is 1. The minimum atomic E-state index is 0.00461. The molecule has 2 heterocycles. The standard InChI is InChI=1S/C22H23NO2S2/c24-22(23-12-11-16-14-26-20-9-3-1-7-18(16)20)19-8-2-4-10-21(19)27-15-17-6-5-13-25-17/h1-4,7-10,14,17H,5-6,11-13,15H2,(H,23,24). The van der Waals surface area contributed by atoms with E-state index in [-0.39, 0.29) is 5.91 Å². The van der Waals surface area contributed by atoms with E-state index in [0.29, 0.717) is 12.6 Å². The Morgan fingerprint density at radius 1 is 1.19 bits per heavy atom. The van der Waals surface area contributed by atoms with Gasteiger partial charge < -0.3 is 10.1 Å². The predicted octanol–water partition coefficient (Wildman–Crippen LogP) is 5.14. The average molecular weight is 398 g/mol. The summed E-state index contributed by atoms with van der Waals surface area (Å²) in [7, 11) is 0. The molecule has 0 spiro atoms. The molecule has 1 fully saturated rings. The van der Waals surface area contributed by atoms with E-state index >= 15 is 0 Å². The van der Waals surface area contributed by atoms with Crippen LogP contribution >= 0.6 is 23.1 Å². The van der Waals surface area contributed by atoms with Crippen molar-refractivity contribution in [3.63, 3.8) is 0 Å². The Kier molecular flexibility index (Phi) is 6.12. The van der Waals surface area contributed by atoms with Gasteiger partial charge in [-0.15, -0.1) is 23.1 Å². The summed E-state index contributed by atoms with van der Waals surface area (Å²) in [6, 6.07) is 16.3. The Labute approximate surface area is 168 Å². The zero-order valence-electron chi connectivity index (χ0n) is 15.1. The summed E-state index contributed by atoms with van der Waals surface area (Å²) in [4.78, 5) is 13.7. The highest BCUT2D eigenvalue weighted by molar-refractivity contribution is 7.99. The van der Waals surface area contributed by atoms with E-state index in [1.54, 1.807) is 23.1 Å². The zero-order chi connectivity index (χ0) is 18.5. The summed E-state index contributed by atoms with van der Waals surface area (Å²) >= 11 is 3.48. The molecule has 5 heteroatoms. The Balaban J connectivity index is 1.35.